The van der Waals surface area contributed by atoms with E-state index in [1.807, 2.05) is 0 Å². The maximum absolute atomic E-state index is 12.6. The molecule has 0 unspecified atom stereocenters. The lowest BCUT2D eigenvalue weighted by molar-refractivity contribution is -0.401. The summed E-state index contributed by atoms with van der Waals surface area (Å²) in [5, 5.41) is -0.568. The van der Waals surface area contributed by atoms with Crippen molar-refractivity contribution in [3.05, 3.63) is 29.8 Å². The Hall–Kier alpha value is -2.39. The normalized spacial score (nSPS) is 18.0. The Bertz CT molecular complexity index is 706. The molecule has 0 spiro atoms. The Morgan fingerprint density at radius 2 is 1.96 bits per heavy atom. The van der Waals surface area contributed by atoms with Gasteiger partial charge in [-0.3, -0.25) is 9.59 Å². The number of quaternary nitrogens is 1. The molecule has 0 saturated carbocycles. The lowest BCUT2D eigenvalue weighted by Gasteiger charge is -2.15. The molecule has 0 bridgehead atoms. The highest BCUT2D eigenvalue weighted by Crippen LogP contribution is 2.30. The van der Waals surface area contributed by atoms with Crippen LogP contribution in [0.1, 0.15) is 23.7 Å². The molecule has 1 aliphatic rings. The average Bonchev–Trinajstić information content (AvgIpc) is 2.92. The van der Waals surface area contributed by atoms with Crippen molar-refractivity contribution in [1.29, 1.82) is 0 Å². The van der Waals surface area contributed by atoms with Crippen LogP contribution in [0, 0.1) is 0 Å². The highest BCUT2D eigenvalue weighted by Gasteiger charge is 2.40. The van der Waals surface area contributed by atoms with Gasteiger partial charge in [0.1, 0.15) is 0 Å². The van der Waals surface area contributed by atoms with Crippen molar-refractivity contribution in [2.75, 3.05) is 24.4 Å². The summed E-state index contributed by atoms with van der Waals surface area (Å²) < 4.78 is 9.50. The van der Waals surface area contributed by atoms with Gasteiger partial charge >= 0.3 is 11.9 Å². The molecule has 1 aromatic carbocycles. The maximum atomic E-state index is 12.6. The molecule has 1 fully saturated rings. The maximum Gasteiger partial charge on any atom is 0.365 e. The molecule has 2 amide bonds. The third-order valence-corrected chi connectivity index (χ3v) is 5.14. The van der Waals surface area contributed by atoms with Crippen LogP contribution in [0.25, 0.3) is 0 Å². The van der Waals surface area contributed by atoms with Gasteiger partial charge in [-0.15, -0.1) is 11.8 Å². The van der Waals surface area contributed by atoms with Crippen LogP contribution in [-0.4, -0.2) is 54.5 Å². The van der Waals surface area contributed by atoms with Gasteiger partial charge in [-0.05, 0) is 31.2 Å². The van der Waals surface area contributed by atoms with E-state index in [1.165, 1.54) is 43.1 Å². The third-order valence-electron chi connectivity index (χ3n) is 3.77. The fourth-order valence-electron chi connectivity index (χ4n) is 2.43. The Morgan fingerprint density at radius 3 is 2.54 bits per heavy atom. The van der Waals surface area contributed by atoms with Crippen molar-refractivity contribution in [1.82, 2.24) is 0 Å². The van der Waals surface area contributed by atoms with E-state index in [9.17, 15) is 19.2 Å². The van der Waals surface area contributed by atoms with Crippen molar-refractivity contribution >= 4 is 41.2 Å². The average molecular weight is 381 g/mol. The SMILES string of the molecule is CCOC(=O)[C@H]([NH3+])CS[C@@H]1CC(=O)N(c2ccc(C(=O)OC)cc2)C1=O. The Kier molecular flexibility index (Phi) is 6.76. The highest BCUT2D eigenvalue weighted by molar-refractivity contribution is 8.00. The van der Waals surface area contributed by atoms with E-state index in [1.54, 1.807) is 6.92 Å². The van der Waals surface area contributed by atoms with Crippen LogP contribution in [0.3, 0.4) is 0 Å². The molecular formula is C17H21N2O6S+. The summed E-state index contributed by atoms with van der Waals surface area (Å²) in [6.45, 7) is 1.98. The molecule has 26 heavy (non-hydrogen) atoms. The Morgan fingerprint density at radius 1 is 1.31 bits per heavy atom. The lowest BCUT2D eigenvalue weighted by Crippen LogP contribution is -2.66. The minimum Gasteiger partial charge on any atom is -0.465 e. The van der Waals surface area contributed by atoms with Crippen molar-refractivity contribution in [3.63, 3.8) is 0 Å². The number of rotatable bonds is 7. The predicted molar refractivity (Wildman–Crippen MR) is 94.4 cm³/mol. The van der Waals surface area contributed by atoms with Crippen molar-refractivity contribution in [2.45, 2.75) is 24.6 Å². The zero-order chi connectivity index (χ0) is 19.3. The van der Waals surface area contributed by atoms with E-state index in [-0.39, 0.29) is 30.6 Å². The van der Waals surface area contributed by atoms with Crippen LogP contribution in [-0.2, 0) is 23.9 Å². The molecule has 8 nitrogen and oxygen atoms in total. The molecular weight excluding hydrogens is 360 g/mol. The van der Waals surface area contributed by atoms with Crippen LogP contribution in [0.15, 0.2) is 24.3 Å². The smallest absolute Gasteiger partial charge is 0.365 e. The summed E-state index contributed by atoms with van der Waals surface area (Å²) in [6.07, 6.45) is 0.0534. The van der Waals surface area contributed by atoms with Gasteiger partial charge in [0, 0.05) is 6.42 Å². The second kappa shape index (κ2) is 8.81. The number of carbonyl (C=O) groups excluding carboxylic acids is 4. The predicted octanol–water partition coefficient (Wildman–Crippen LogP) is 0.0119. The number of hydrogen-bond acceptors (Lipinski definition) is 7. The van der Waals surface area contributed by atoms with Crippen LogP contribution >= 0.6 is 11.8 Å². The number of esters is 2. The molecule has 3 N–H and O–H groups in total. The van der Waals surface area contributed by atoms with Gasteiger partial charge in [-0.25, -0.2) is 14.5 Å². The summed E-state index contributed by atoms with van der Waals surface area (Å²) in [4.78, 5) is 49.0. The molecule has 1 heterocycles. The van der Waals surface area contributed by atoms with Gasteiger partial charge in [0.05, 0.1) is 36.0 Å². The summed E-state index contributed by atoms with van der Waals surface area (Å²) in [5.41, 5.74) is 4.45. The monoisotopic (exact) mass is 381 g/mol. The topological polar surface area (TPSA) is 118 Å². The molecule has 1 aromatic rings. The number of anilines is 1. The summed E-state index contributed by atoms with van der Waals surface area (Å²) in [5.74, 6) is -1.30. The van der Waals surface area contributed by atoms with E-state index in [0.29, 0.717) is 11.3 Å². The first-order valence-electron chi connectivity index (χ1n) is 8.05. The first-order chi connectivity index (χ1) is 12.4. The fourth-order valence-corrected chi connectivity index (χ4v) is 3.54. The fraction of sp³-hybridized carbons (Fsp3) is 0.412. The molecule has 1 aliphatic heterocycles. The van der Waals surface area contributed by atoms with Gasteiger partial charge in [0.15, 0.2) is 6.04 Å². The molecule has 2 atom stereocenters. The van der Waals surface area contributed by atoms with Crippen LogP contribution in [0.5, 0.6) is 0 Å². The number of benzene rings is 1. The van der Waals surface area contributed by atoms with Crippen molar-refractivity contribution in [2.24, 2.45) is 0 Å². The first-order valence-corrected chi connectivity index (χ1v) is 9.10. The van der Waals surface area contributed by atoms with Crippen LogP contribution in [0.2, 0.25) is 0 Å². The van der Waals surface area contributed by atoms with Crippen molar-refractivity contribution in [3.8, 4) is 0 Å². The number of thioether (sulfide) groups is 1. The van der Waals surface area contributed by atoms with E-state index < -0.39 is 23.2 Å². The van der Waals surface area contributed by atoms with Crippen LogP contribution in [0.4, 0.5) is 5.69 Å². The summed E-state index contributed by atoms with van der Waals surface area (Å²) in [6, 6.07) is 5.44. The van der Waals surface area contributed by atoms with E-state index in [2.05, 4.69) is 10.5 Å². The Balaban J connectivity index is 2.02. The van der Waals surface area contributed by atoms with E-state index >= 15 is 0 Å². The minimum atomic E-state index is -0.601. The molecule has 140 valence electrons. The molecule has 1 saturated heterocycles. The van der Waals surface area contributed by atoms with Gasteiger partial charge in [-0.2, -0.15) is 0 Å². The zero-order valence-electron chi connectivity index (χ0n) is 14.6. The second-order valence-electron chi connectivity index (χ2n) is 5.58. The molecule has 0 radical (unpaired) electrons. The van der Waals surface area contributed by atoms with Gasteiger partial charge in [-0.1, -0.05) is 0 Å². The quantitative estimate of drug-likeness (QED) is 0.522. The van der Waals surface area contributed by atoms with E-state index in [4.69, 9.17) is 4.74 Å². The first kappa shape index (κ1) is 19.9. The third kappa shape index (κ3) is 4.41. The number of amides is 2. The minimum absolute atomic E-state index is 0.0534. The number of nitrogens with zero attached hydrogens (tertiary/aromatic N) is 1. The second-order valence-corrected chi connectivity index (χ2v) is 6.82. The zero-order valence-corrected chi connectivity index (χ0v) is 15.4. The van der Waals surface area contributed by atoms with E-state index in [0.717, 1.165) is 4.90 Å². The standard InChI is InChI=1S/C17H20N2O6S/c1-3-25-17(23)12(18)9-26-13-8-14(20)19(15(13)21)11-6-4-10(5-7-11)16(22)24-2/h4-7,12-13H,3,8-9,18H2,1-2H3/p+1/t12-,13-/m1/s1. The van der Waals surface area contributed by atoms with Crippen molar-refractivity contribution < 1.29 is 34.4 Å². The molecule has 0 aliphatic carbocycles. The molecule has 0 aromatic heterocycles. The molecule has 2 rings (SSSR count). The number of carbonyl (C=O) groups is 4. The largest absolute Gasteiger partial charge is 0.465 e. The van der Waals surface area contributed by atoms with Gasteiger partial charge in [0.2, 0.25) is 11.8 Å². The molecule has 9 heteroatoms. The van der Waals surface area contributed by atoms with Gasteiger partial charge in [0.25, 0.3) is 0 Å². The lowest BCUT2D eigenvalue weighted by atomic mass is 10.2. The van der Waals surface area contributed by atoms with Crippen LogP contribution < -0.4 is 10.6 Å². The van der Waals surface area contributed by atoms with Gasteiger partial charge < -0.3 is 15.2 Å². The number of hydrogen-bond donors (Lipinski definition) is 1. The summed E-state index contributed by atoms with van der Waals surface area (Å²) in [7, 11) is 1.28. The number of methoxy groups -OCH3 is 1. The highest BCUT2D eigenvalue weighted by atomic mass is 32.2. The Labute approximate surface area is 155 Å². The number of ether oxygens (including phenoxy) is 2. The summed E-state index contributed by atoms with van der Waals surface area (Å²) >= 11 is 1.22. The number of imide groups is 1.